The molecule has 0 bridgehead atoms. The molecule has 1 aromatic carbocycles. The maximum atomic E-state index is 11.1. The average molecular weight is 323 g/mol. The molecule has 1 aliphatic rings. The van der Waals surface area contributed by atoms with Crippen LogP contribution in [0.5, 0.6) is 11.5 Å². The summed E-state index contributed by atoms with van der Waals surface area (Å²) >= 11 is 6.31. The van der Waals surface area contributed by atoms with Crippen LogP contribution in [0.1, 0.15) is 22.5 Å². The molecule has 0 atom stereocenters. The van der Waals surface area contributed by atoms with E-state index in [1.54, 1.807) is 13.1 Å². The maximum absolute atomic E-state index is 11.1. The second kappa shape index (κ2) is 5.53. The minimum Gasteiger partial charge on any atom is -0.489 e. The van der Waals surface area contributed by atoms with Crippen molar-refractivity contribution >= 4 is 17.6 Å². The molecule has 0 aliphatic carbocycles. The third-order valence-electron chi connectivity index (χ3n) is 3.60. The van der Waals surface area contributed by atoms with Gasteiger partial charge in [0.1, 0.15) is 0 Å². The standard InChI is InChI=1S/C15H15ClN2O4/c1-8-9(12-7-11(15(19)20)17-18(12)2)6-10(16)14-13(8)21-4-3-5-22-14/h6-7H,3-5H2,1-2H3,(H,19,20). The Bertz CT molecular complexity index is 754. The summed E-state index contributed by atoms with van der Waals surface area (Å²) in [6, 6.07) is 3.28. The van der Waals surface area contributed by atoms with Crippen molar-refractivity contribution in [3.8, 4) is 22.8 Å². The third-order valence-corrected chi connectivity index (χ3v) is 3.88. The van der Waals surface area contributed by atoms with E-state index in [1.807, 2.05) is 6.92 Å². The van der Waals surface area contributed by atoms with Crippen molar-refractivity contribution in [2.45, 2.75) is 13.3 Å². The molecule has 0 spiro atoms. The molecule has 1 aromatic heterocycles. The molecule has 2 aromatic rings. The van der Waals surface area contributed by atoms with E-state index in [0.717, 1.165) is 17.5 Å². The van der Waals surface area contributed by atoms with Gasteiger partial charge in [0.2, 0.25) is 0 Å². The van der Waals surface area contributed by atoms with Gasteiger partial charge >= 0.3 is 5.97 Å². The molecule has 6 nitrogen and oxygen atoms in total. The van der Waals surface area contributed by atoms with Crippen LogP contribution < -0.4 is 9.47 Å². The van der Waals surface area contributed by atoms with Crippen molar-refractivity contribution in [2.24, 2.45) is 7.05 Å². The van der Waals surface area contributed by atoms with Crippen LogP contribution in [0.4, 0.5) is 0 Å². The van der Waals surface area contributed by atoms with Crippen LogP contribution in [0.15, 0.2) is 12.1 Å². The lowest BCUT2D eigenvalue weighted by atomic mass is 10.0. The highest BCUT2D eigenvalue weighted by atomic mass is 35.5. The van der Waals surface area contributed by atoms with Crippen LogP contribution in [0.2, 0.25) is 5.02 Å². The molecule has 0 saturated heterocycles. The molecule has 7 heteroatoms. The van der Waals surface area contributed by atoms with E-state index in [1.165, 1.54) is 10.7 Å². The highest BCUT2D eigenvalue weighted by Crippen LogP contribution is 2.44. The summed E-state index contributed by atoms with van der Waals surface area (Å²) < 4.78 is 12.9. The molecular weight excluding hydrogens is 308 g/mol. The average Bonchev–Trinajstić information content (AvgIpc) is 2.71. The van der Waals surface area contributed by atoms with Gasteiger partial charge in [-0.1, -0.05) is 11.6 Å². The second-order valence-electron chi connectivity index (χ2n) is 5.08. The zero-order valence-corrected chi connectivity index (χ0v) is 13.0. The Labute approximate surface area is 132 Å². The van der Waals surface area contributed by atoms with Gasteiger partial charge in [-0.2, -0.15) is 5.10 Å². The van der Waals surface area contributed by atoms with Crippen molar-refractivity contribution in [3.05, 3.63) is 28.4 Å². The molecule has 0 unspecified atom stereocenters. The Kier molecular flexibility index (Phi) is 3.70. The summed E-state index contributed by atoms with van der Waals surface area (Å²) in [5.41, 5.74) is 2.27. The SMILES string of the molecule is Cc1c(-c2cc(C(=O)O)nn2C)cc(Cl)c2c1OCCCO2. The molecule has 0 saturated carbocycles. The van der Waals surface area contributed by atoms with Crippen LogP contribution in [0, 0.1) is 6.92 Å². The van der Waals surface area contributed by atoms with Crippen LogP contribution in [-0.4, -0.2) is 34.1 Å². The van der Waals surface area contributed by atoms with Crippen LogP contribution in [-0.2, 0) is 7.05 Å². The Balaban J connectivity index is 2.18. The van der Waals surface area contributed by atoms with Crippen molar-refractivity contribution in [1.82, 2.24) is 9.78 Å². The van der Waals surface area contributed by atoms with Crippen molar-refractivity contribution in [3.63, 3.8) is 0 Å². The lowest BCUT2D eigenvalue weighted by Gasteiger charge is -2.15. The summed E-state index contributed by atoms with van der Waals surface area (Å²) in [4.78, 5) is 11.1. The number of hydrogen-bond donors (Lipinski definition) is 1. The predicted octanol–water partition coefficient (Wildman–Crippen LogP) is 2.91. The fourth-order valence-electron chi connectivity index (χ4n) is 2.51. The number of halogens is 1. The first-order valence-corrected chi connectivity index (χ1v) is 7.23. The maximum Gasteiger partial charge on any atom is 0.356 e. The molecular formula is C15H15ClN2O4. The third kappa shape index (κ3) is 2.39. The number of ether oxygens (including phenoxy) is 2. The first kappa shape index (κ1) is 14.7. The smallest absolute Gasteiger partial charge is 0.356 e. The van der Waals surface area contributed by atoms with Gasteiger partial charge < -0.3 is 14.6 Å². The van der Waals surface area contributed by atoms with Gasteiger partial charge in [-0.3, -0.25) is 4.68 Å². The number of fused-ring (bicyclic) bond motifs is 1. The molecule has 0 fully saturated rings. The Hall–Kier alpha value is -2.21. The number of rotatable bonds is 2. The van der Waals surface area contributed by atoms with Gasteiger partial charge in [0.25, 0.3) is 0 Å². The highest BCUT2D eigenvalue weighted by molar-refractivity contribution is 6.32. The number of carboxylic acid groups (broad SMARTS) is 1. The lowest BCUT2D eigenvalue weighted by molar-refractivity contribution is 0.0689. The number of carbonyl (C=O) groups is 1. The van der Waals surface area contributed by atoms with Crippen LogP contribution >= 0.6 is 11.6 Å². The van der Waals surface area contributed by atoms with Gasteiger partial charge in [0, 0.05) is 24.6 Å². The van der Waals surface area contributed by atoms with E-state index >= 15 is 0 Å². The number of hydrogen-bond acceptors (Lipinski definition) is 4. The minimum atomic E-state index is -1.07. The lowest BCUT2D eigenvalue weighted by Crippen LogP contribution is -2.01. The summed E-state index contributed by atoms with van der Waals surface area (Å²) in [6.07, 6.45) is 0.786. The highest BCUT2D eigenvalue weighted by Gasteiger charge is 2.22. The second-order valence-corrected chi connectivity index (χ2v) is 5.49. The Morgan fingerprint density at radius 1 is 1.32 bits per heavy atom. The quantitative estimate of drug-likeness (QED) is 0.920. The number of aromatic carboxylic acids is 1. The molecule has 1 N–H and O–H groups in total. The first-order valence-electron chi connectivity index (χ1n) is 6.85. The van der Waals surface area contributed by atoms with Gasteiger partial charge in [-0.15, -0.1) is 0 Å². The largest absolute Gasteiger partial charge is 0.489 e. The number of carboxylic acids is 1. The summed E-state index contributed by atoms with van der Waals surface area (Å²) in [5, 5.41) is 13.5. The number of nitrogens with zero attached hydrogens (tertiary/aromatic N) is 2. The fourth-order valence-corrected chi connectivity index (χ4v) is 2.76. The summed E-state index contributed by atoms with van der Waals surface area (Å²) in [5.74, 6) is 0.0825. The Morgan fingerprint density at radius 2 is 2.00 bits per heavy atom. The van der Waals surface area contributed by atoms with E-state index in [2.05, 4.69) is 5.10 Å². The number of aromatic nitrogens is 2. The molecule has 2 heterocycles. The van der Waals surface area contributed by atoms with E-state index in [4.69, 9.17) is 26.2 Å². The first-order chi connectivity index (χ1) is 10.5. The van der Waals surface area contributed by atoms with Crippen molar-refractivity contribution in [2.75, 3.05) is 13.2 Å². The van der Waals surface area contributed by atoms with E-state index in [9.17, 15) is 4.79 Å². The predicted molar refractivity (Wildman–Crippen MR) is 81.0 cm³/mol. The number of aryl methyl sites for hydroxylation is 1. The molecule has 1 aliphatic heterocycles. The van der Waals surface area contributed by atoms with E-state index < -0.39 is 5.97 Å². The van der Waals surface area contributed by atoms with Gasteiger partial charge in [-0.05, 0) is 19.1 Å². The van der Waals surface area contributed by atoms with Gasteiger partial charge in [0.15, 0.2) is 17.2 Å². The van der Waals surface area contributed by atoms with Gasteiger partial charge in [0.05, 0.1) is 23.9 Å². The van der Waals surface area contributed by atoms with Crippen molar-refractivity contribution in [1.29, 1.82) is 0 Å². The normalized spacial score (nSPS) is 13.8. The molecule has 116 valence electrons. The molecule has 0 radical (unpaired) electrons. The van der Waals surface area contributed by atoms with Gasteiger partial charge in [-0.25, -0.2) is 4.79 Å². The minimum absolute atomic E-state index is 0.0138. The Morgan fingerprint density at radius 3 is 2.64 bits per heavy atom. The fraction of sp³-hybridized carbons (Fsp3) is 0.333. The van der Waals surface area contributed by atoms with Crippen LogP contribution in [0.3, 0.4) is 0 Å². The van der Waals surface area contributed by atoms with Crippen molar-refractivity contribution < 1.29 is 19.4 Å². The zero-order chi connectivity index (χ0) is 15.9. The zero-order valence-electron chi connectivity index (χ0n) is 12.2. The number of benzene rings is 1. The summed E-state index contributed by atoms with van der Waals surface area (Å²) in [7, 11) is 1.69. The van der Waals surface area contributed by atoms with Crippen LogP contribution in [0.25, 0.3) is 11.3 Å². The topological polar surface area (TPSA) is 73.6 Å². The molecule has 0 amide bonds. The monoisotopic (exact) mass is 322 g/mol. The molecule has 22 heavy (non-hydrogen) atoms. The van der Waals surface area contributed by atoms with E-state index in [-0.39, 0.29) is 5.69 Å². The van der Waals surface area contributed by atoms with E-state index in [0.29, 0.717) is 35.4 Å². The molecule has 3 rings (SSSR count). The summed E-state index contributed by atoms with van der Waals surface area (Å²) in [6.45, 7) is 3.01.